The van der Waals surface area contributed by atoms with E-state index in [0.29, 0.717) is 11.6 Å². The maximum absolute atomic E-state index is 11.8. The Balaban J connectivity index is 1.98. The van der Waals surface area contributed by atoms with Gasteiger partial charge in [-0.3, -0.25) is 9.78 Å². The predicted molar refractivity (Wildman–Crippen MR) is 70.7 cm³/mol. The number of carbonyl (C=O) groups excluding carboxylic acids is 1. The van der Waals surface area contributed by atoms with Crippen LogP contribution in [0, 0.1) is 0 Å². The molecule has 0 fully saturated rings. The lowest BCUT2D eigenvalue weighted by atomic mass is 10.2. The summed E-state index contributed by atoms with van der Waals surface area (Å²) in [5.41, 5.74) is 1.47. The van der Waals surface area contributed by atoms with Crippen LogP contribution in [0.2, 0.25) is 0 Å². The number of ether oxygens (including phenoxy) is 1. The number of pyridine rings is 1. The van der Waals surface area contributed by atoms with E-state index >= 15 is 0 Å². The largest absolute Gasteiger partial charge is 0.466 e. The van der Waals surface area contributed by atoms with Crippen molar-refractivity contribution in [2.24, 2.45) is 5.10 Å². The molecule has 0 saturated carbocycles. The van der Waals surface area contributed by atoms with Crippen LogP contribution in [0.1, 0.15) is 5.56 Å². The molecule has 1 aromatic heterocycles. The minimum atomic E-state index is -0.215. The van der Waals surface area contributed by atoms with Gasteiger partial charge in [-0.2, -0.15) is 5.01 Å². The van der Waals surface area contributed by atoms with E-state index in [4.69, 9.17) is 4.74 Å². The van der Waals surface area contributed by atoms with Crippen LogP contribution in [-0.4, -0.2) is 23.4 Å². The number of hydrogen-bond acceptors (Lipinski definition) is 4. The van der Waals surface area contributed by atoms with Crippen molar-refractivity contribution < 1.29 is 9.53 Å². The third kappa shape index (κ3) is 2.30. The first-order valence-corrected chi connectivity index (χ1v) is 5.84. The second-order valence-electron chi connectivity index (χ2n) is 3.98. The van der Waals surface area contributed by atoms with E-state index in [-0.39, 0.29) is 12.5 Å². The summed E-state index contributed by atoms with van der Waals surface area (Å²) in [6.07, 6.45) is 3.24. The van der Waals surface area contributed by atoms with Crippen molar-refractivity contribution in [3.8, 4) is 0 Å². The van der Waals surface area contributed by atoms with Crippen LogP contribution in [0.15, 0.2) is 60.0 Å². The highest BCUT2D eigenvalue weighted by atomic mass is 16.5. The highest BCUT2D eigenvalue weighted by Crippen LogP contribution is 2.17. The Hall–Kier alpha value is -2.69. The molecule has 1 aliphatic heterocycles. The molecular formula is C14H11N3O2. The molecule has 0 aliphatic carbocycles. The average molecular weight is 253 g/mol. The van der Waals surface area contributed by atoms with Gasteiger partial charge in [-0.15, -0.1) is 5.10 Å². The molecule has 0 saturated heterocycles. The standard InChI is InChI=1S/C14H11N3O2/c18-13-10-19-14(11-5-2-1-3-6-11)16-17(13)12-7-4-8-15-9-12/h1-9H,10H2. The number of aromatic nitrogens is 1. The average Bonchev–Trinajstić information content (AvgIpc) is 2.49. The third-order valence-electron chi connectivity index (χ3n) is 2.67. The minimum absolute atomic E-state index is 0.0252. The van der Waals surface area contributed by atoms with Crippen molar-refractivity contribution in [3.05, 3.63) is 60.4 Å². The van der Waals surface area contributed by atoms with Gasteiger partial charge in [0.1, 0.15) is 0 Å². The van der Waals surface area contributed by atoms with Crippen molar-refractivity contribution in [1.29, 1.82) is 0 Å². The Kier molecular flexibility index (Phi) is 2.94. The van der Waals surface area contributed by atoms with Crippen LogP contribution in [0.4, 0.5) is 5.69 Å². The van der Waals surface area contributed by atoms with Crippen LogP contribution in [0.3, 0.4) is 0 Å². The number of hydrogen-bond donors (Lipinski definition) is 0. The first-order valence-electron chi connectivity index (χ1n) is 5.84. The minimum Gasteiger partial charge on any atom is -0.466 e. The van der Waals surface area contributed by atoms with Crippen LogP contribution in [-0.2, 0) is 9.53 Å². The second kappa shape index (κ2) is 4.89. The summed E-state index contributed by atoms with van der Waals surface area (Å²) >= 11 is 0. The number of benzene rings is 1. The number of carbonyl (C=O) groups is 1. The maximum Gasteiger partial charge on any atom is 0.285 e. The van der Waals surface area contributed by atoms with Gasteiger partial charge in [0.25, 0.3) is 5.91 Å². The molecule has 1 amide bonds. The van der Waals surface area contributed by atoms with Gasteiger partial charge in [0.05, 0.1) is 11.9 Å². The van der Waals surface area contributed by atoms with Crippen LogP contribution in [0.25, 0.3) is 0 Å². The first-order chi connectivity index (χ1) is 9.34. The summed E-state index contributed by atoms with van der Waals surface area (Å²) in [5, 5.41) is 5.56. The number of nitrogens with zero attached hydrogens (tertiary/aromatic N) is 3. The van der Waals surface area contributed by atoms with Crippen LogP contribution >= 0.6 is 0 Å². The van der Waals surface area contributed by atoms with Crippen molar-refractivity contribution in [2.75, 3.05) is 11.6 Å². The van der Waals surface area contributed by atoms with Gasteiger partial charge >= 0.3 is 0 Å². The third-order valence-corrected chi connectivity index (χ3v) is 2.67. The maximum atomic E-state index is 11.8. The van der Waals surface area contributed by atoms with E-state index in [9.17, 15) is 4.79 Å². The normalized spacial score (nSPS) is 14.8. The lowest BCUT2D eigenvalue weighted by Crippen LogP contribution is -2.36. The molecule has 0 spiro atoms. The molecular weight excluding hydrogens is 242 g/mol. The quantitative estimate of drug-likeness (QED) is 0.820. The van der Waals surface area contributed by atoms with Crippen molar-refractivity contribution in [2.45, 2.75) is 0 Å². The highest BCUT2D eigenvalue weighted by molar-refractivity contribution is 6.04. The predicted octanol–water partition coefficient (Wildman–Crippen LogP) is 1.81. The fourth-order valence-electron chi connectivity index (χ4n) is 1.77. The van der Waals surface area contributed by atoms with Gasteiger partial charge in [-0.05, 0) is 24.3 Å². The first kappa shape index (κ1) is 11.4. The van der Waals surface area contributed by atoms with E-state index in [1.807, 2.05) is 30.3 Å². The summed E-state index contributed by atoms with van der Waals surface area (Å²) in [7, 11) is 0. The SMILES string of the molecule is O=C1COC(c2ccccc2)=NN1c1cccnc1. The molecule has 19 heavy (non-hydrogen) atoms. The molecule has 0 radical (unpaired) electrons. The summed E-state index contributed by atoms with van der Waals surface area (Å²) < 4.78 is 5.37. The van der Waals surface area contributed by atoms with E-state index in [0.717, 1.165) is 5.56 Å². The zero-order valence-corrected chi connectivity index (χ0v) is 10.1. The molecule has 94 valence electrons. The molecule has 2 heterocycles. The number of hydrazone groups is 1. The molecule has 0 N–H and O–H groups in total. The molecule has 0 atom stereocenters. The van der Waals surface area contributed by atoms with E-state index in [1.165, 1.54) is 5.01 Å². The van der Waals surface area contributed by atoms with Gasteiger partial charge in [0.15, 0.2) is 6.61 Å². The summed E-state index contributed by atoms with van der Waals surface area (Å²) in [4.78, 5) is 15.8. The van der Waals surface area contributed by atoms with Crippen molar-refractivity contribution in [3.63, 3.8) is 0 Å². The Morgan fingerprint density at radius 1 is 1.11 bits per heavy atom. The van der Waals surface area contributed by atoms with Gasteiger partial charge in [-0.25, -0.2) is 0 Å². The Morgan fingerprint density at radius 3 is 2.68 bits per heavy atom. The molecule has 0 unspecified atom stereocenters. The van der Waals surface area contributed by atoms with Gasteiger partial charge < -0.3 is 4.74 Å². The summed E-state index contributed by atoms with van der Waals surface area (Å²) in [6.45, 7) is -0.0252. The highest BCUT2D eigenvalue weighted by Gasteiger charge is 2.23. The number of amides is 1. The molecule has 2 aromatic rings. The molecule has 3 rings (SSSR count). The fraction of sp³-hybridized carbons (Fsp3) is 0.0714. The Morgan fingerprint density at radius 2 is 1.95 bits per heavy atom. The summed E-state index contributed by atoms with van der Waals surface area (Å²) in [5.74, 6) is 0.219. The van der Waals surface area contributed by atoms with Gasteiger partial charge in [0.2, 0.25) is 5.90 Å². The lowest BCUT2D eigenvalue weighted by Gasteiger charge is -2.23. The number of anilines is 1. The van der Waals surface area contributed by atoms with Crippen LogP contribution < -0.4 is 5.01 Å². The molecule has 5 heteroatoms. The Bertz CT molecular complexity index is 611. The topological polar surface area (TPSA) is 54.8 Å². The number of rotatable bonds is 2. The molecule has 0 bridgehead atoms. The molecule has 1 aromatic carbocycles. The monoisotopic (exact) mass is 253 g/mol. The molecule has 5 nitrogen and oxygen atoms in total. The van der Waals surface area contributed by atoms with E-state index in [2.05, 4.69) is 10.1 Å². The molecule has 1 aliphatic rings. The fourth-order valence-corrected chi connectivity index (χ4v) is 1.77. The zero-order chi connectivity index (χ0) is 13.1. The Labute approximate surface area is 110 Å². The van der Waals surface area contributed by atoms with E-state index < -0.39 is 0 Å². The van der Waals surface area contributed by atoms with E-state index in [1.54, 1.807) is 24.5 Å². The summed E-state index contributed by atoms with van der Waals surface area (Å²) in [6, 6.07) is 13.0. The van der Waals surface area contributed by atoms with Gasteiger partial charge in [-0.1, -0.05) is 18.2 Å². The van der Waals surface area contributed by atoms with Crippen molar-refractivity contribution >= 4 is 17.5 Å². The van der Waals surface area contributed by atoms with Gasteiger partial charge in [0, 0.05) is 11.8 Å². The zero-order valence-electron chi connectivity index (χ0n) is 10.1. The second-order valence-corrected chi connectivity index (χ2v) is 3.98. The van der Waals surface area contributed by atoms with Crippen LogP contribution in [0.5, 0.6) is 0 Å². The smallest absolute Gasteiger partial charge is 0.285 e. The lowest BCUT2D eigenvalue weighted by molar-refractivity contribution is -0.121. The van der Waals surface area contributed by atoms with Crippen molar-refractivity contribution in [1.82, 2.24) is 4.98 Å².